The summed E-state index contributed by atoms with van der Waals surface area (Å²) in [6, 6.07) is 0. The Balaban J connectivity index is 1.95. The summed E-state index contributed by atoms with van der Waals surface area (Å²) in [6.45, 7) is 4.56. The van der Waals surface area contributed by atoms with Crippen LogP contribution in [0.2, 0.25) is 0 Å². The predicted octanol–water partition coefficient (Wildman–Crippen LogP) is -0.379. The molecule has 0 saturated carbocycles. The van der Waals surface area contributed by atoms with Gasteiger partial charge in [0.15, 0.2) is 0 Å². The second kappa shape index (κ2) is 2.86. The molecule has 2 rings (SSSR count). The first kappa shape index (κ1) is 6.58. The molecule has 0 aromatic rings. The third-order valence-electron chi connectivity index (χ3n) is 2.16. The van der Waals surface area contributed by atoms with E-state index in [2.05, 4.69) is 5.32 Å². The summed E-state index contributed by atoms with van der Waals surface area (Å²) in [5, 5.41) is 3.31. The van der Waals surface area contributed by atoms with Crippen LogP contribution in [0.1, 0.15) is 0 Å². The fourth-order valence-corrected chi connectivity index (χ4v) is 1.52. The van der Waals surface area contributed by atoms with Gasteiger partial charge < -0.3 is 14.8 Å². The second-order valence-electron chi connectivity index (χ2n) is 2.91. The van der Waals surface area contributed by atoms with Crippen LogP contribution in [-0.4, -0.2) is 39.0 Å². The molecular weight excluding hydrogens is 130 g/mol. The maximum Gasteiger partial charge on any atom is 0.0871 e. The number of nitrogens with one attached hydrogen (secondary N) is 1. The van der Waals surface area contributed by atoms with Crippen molar-refractivity contribution in [2.75, 3.05) is 32.9 Å². The van der Waals surface area contributed by atoms with E-state index in [4.69, 9.17) is 9.47 Å². The van der Waals surface area contributed by atoms with E-state index in [0.717, 1.165) is 32.9 Å². The topological polar surface area (TPSA) is 30.5 Å². The van der Waals surface area contributed by atoms with Crippen molar-refractivity contribution in [2.45, 2.75) is 6.10 Å². The Hall–Kier alpha value is -0.120. The Bertz CT molecular complexity index is 106. The molecule has 3 nitrogen and oxygen atoms in total. The van der Waals surface area contributed by atoms with Gasteiger partial charge in [0.05, 0.1) is 25.9 Å². The molecule has 0 unspecified atom stereocenters. The molecule has 2 fully saturated rings. The molecule has 2 saturated heterocycles. The maximum atomic E-state index is 5.54. The van der Waals surface area contributed by atoms with Gasteiger partial charge in [0, 0.05) is 19.0 Å². The zero-order chi connectivity index (χ0) is 6.81. The van der Waals surface area contributed by atoms with Gasteiger partial charge in [0.1, 0.15) is 0 Å². The molecule has 3 heteroatoms. The number of hydrogen-bond acceptors (Lipinski definition) is 3. The van der Waals surface area contributed by atoms with Gasteiger partial charge in [-0.1, -0.05) is 0 Å². The molecule has 58 valence electrons. The maximum absolute atomic E-state index is 5.54. The van der Waals surface area contributed by atoms with Gasteiger partial charge >= 0.3 is 0 Å². The van der Waals surface area contributed by atoms with E-state index >= 15 is 0 Å². The second-order valence-corrected chi connectivity index (χ2v) is 2.91. The first-order valence-electron chi connectivity index (χ1n) is 3.87. The third kappa shape index (κ3) is 1.17. The minimum atomic E-state index is 0.370. The van der Waals surface area contributed by atoms with Crippen LogP contribution in [0.5, 0.6) is 0 Å². The Morgan fingerprint density at radius 2 is 2.30 bits per heavy atom. The molecule has 0 amide bonds. The van der Waals surface area contributed by atoms with E-state index in [1.165, 1.54) is 0 Å². The molecule has 0 aromatic carbocycles. The number of rotatable bonds is 0. The Morgan fingerprint density at radius 1 is 1.30 bits per heavy atom. The number of fused-ring (bicyclic) bond motifs is 1. The standard InChI is InChI=1S/C7H13NO2/c1-2-10-7-5-9-4-6(7)3-8-1/h6-8H,1-5H2/t6-,7-/m1/s1. The van der Waals surface area contributed by atoms with E-state index in [0.29, 0.717) is 12.0 Å². The van der Waals surface area contributed by atoms with Crippen molar-refractivity contribution in [2.24, 2.45) is 5.92 Å². The van der Waals surface area contributed by atoms with Crippen LogP contribution in [0.15, 0.2) is 0 Å². The van der Waals surface area contributed by atoms with Gasteiger partial charge in [-0.2, -0.15) is 0 Å². The quantitative estimate of drug-likeness (QED) is 0.501. The normalized spacial score (nSPS) is 40.8. The molecule has 0 radical (unpaired) electrons. The SMILES string of the molecule is C1CO[C@@H]2COC[C@H]2CN1. The summed E-state index contributed by atoms with van der Waals surface area (Å²) < 4.78 is 10.8. The average Bonchev–Trinajstić information content (AvgIpc) is 2.28. The summed E-state index contributed by atoms with van der Waals surface area (Å²) in [5.74, 6) is 0.600. The lowest BCUT2D eigenvalue weighted by atomic mass is 10.1. The zero-order valence-electron chi connectivity index (χ0n) is 6.01. The number of ether oxygens (including phenoxy) is 2. The lowest BCUT2D eigenvalue weighted by Gasteiger charge is -2.11. The van der Waals surface area contributed by atoms with Crippen molar-refractivity contribution in [3.63, 3.8) is 0 Å². The average molecular weight is 143 g/mol. The van der Waals surface area contributed by atoms with Gasteiger partial charge in [-0.15, -0.1) is 0 Å². The van der Waals surface area contributed by atoms with Gasteiger partial charge in [-0.3, -0.25) is 0 Å². The molecule has 0 aliphatic carbocycles. The number of hydrogen-bond donors (Lipinski definition) is 1. The first-order valence-corrected chi connectivity index (χ1v) is 3.87. The Labute approximate surface area is 60.7 Å². The van der Waals surface area contributed by atoms with Gasteiger partial charge in [-0.25, -0.2) is 0 Å². The molecule has 0 bridgehead atoms. The molecule has 2 aliphatic rings. The minimum absolute atomic E-state index is 0.370. The fourth-order valence-electron chi connectivity index (χ4n) is 1.52. The summed E-state index contributed by atoms with van der Waals surface area (Å²) in [4.78, 5) is 0. The lowest BCUT2D eigenvalue weighted by Crippen LogP contribution is -2.26. The largest absolute Gasteiger partial charge is 0.378 e. The van der Waals surface area contributed by atoms with Crippen LogP contribution in [-0.2, 0) is 9.47 Å². The third-order valence-corrected chi connectivity index (χ3v) is 2.16. The van der Waals surface area contributed by atoms with Crippen molar-refractivity contribution in [1.82, 2.24) is 5.32 Å². The van der Waals surface area contributed by atoms with Crippen molar-refractivity contribution in [3.05, 3.63) is 0 Å². The highest BCUT2D eigenvalue weighted by Gasteiger charge is 2.29. The smallest absolute Gasteiger partial charge is 0.0871 e. The molecule has 0 aromatic heterocycles. The van der Waals surface area contributed by atoms with E-state index in [-0.39, 0.29) is 0 Å². The molecule has 2 heterocycles. The van der Waals surface area contributed by atoms with Crippen LogP contribution in [0, 0.1) is 5.92 Å². The summed E-state index contributed by atoms with van der Waals surface area (Å²) in [5.41, 5.74) is 0. The zero-order valence-corrected chi connectivity index (χ0v) is 6.01. The van der Waals surface area contributed by atoms with Crippen LogP contribution >= 0.6 is 0 Å². The van der Waals surface area contributed by atoms with Gasteiger partial charge in [0.25, 0.3) is 0 Å². The van der Waals surface area contributed by atoms with E-state index in [9.17, 15) is 0 Å². The van der Waals surface area contributed by atoms with Crippen LogP contribution < -0.4 is 5.32 Å². The summed E-state index contributed by atoms with van der Waals surface area (Å²) in [6.07, 6.45) is 0.370. The molecular formula is C7H13NO2. The van der Waals surface area contributed by atoms with Crippen LogP contribution in [0.3, 0.4) is 0 Å². The van der Waals surface area contributed by atoms with E-state index < -0.39 is 0 Å². The van der Waals surface area contributed by atoms with E-state index in [1.54, 1.807) is 0 Å². The lowest BCUT2D eigenvalue weighted by molar-refractivity contribution is 0.0410. The highest BCUT2D eigenvalue weighted by Crippen LogP contribution is 2.17. The Morgan fingerprint density at radius 3 is 3.30 bits per heavy atom. The molecule has 10 heavy (non-hydrogen) atoms. The van der Waals surface area contributed by atoms with E-state index in [1.807, 2.05) is 0 Å². The first-order chi connectivity index (χ1) is 4.97. The van der Waals surface area contributed by atoms with Crippen LogP contribution in [0.4, 0.5) is 0 Å². The van der Waals surface area contributed by atoms with Gasteiger partial charge in [-0.05, 0) is 0 Å². The van der Waals surface area contributed by atoms with Crippen molar-refractivity contribution >= 4 is 0 Å². The Kier molecular flexibility index (Phi) is 1.88. The predicted molar refractivity (Wildman–Crippen MR) is 36.9 cm³/mol. The molecule has 2 atom stereocenters. The van der Waals surface area contributed by atoms with Crippen molar-refractivity contribution < 1.29 is 9.47 Å². The molecule has 1 N–H and O–H groups in total. The fraction of sp³-hybridized carbons (Fsp3) is 1.00. The van der Waals surface area contributed by atoms with Gasteiger partial charge in [0.2, 0.25) is 0 Å². The molecule has 2 aliphatic heterocycles. The van der Waals surface area contributed by atoms with Crippen molar-refractivity contribution in [3.8, 4) is 0 Å². The minimum Gasteiger partial charge on any atom is -0.378 e. The highest BCUT2D eigenvalue weighted by molar-refractivity contribution is 4.79. The summed E-state index contributed by atoms with van der Waals surface area (Å²) >= 11 is 0. The molecule has 0 spiro atoms. The highest BCUT2D eigenvalue weighted by atomic mass is 16.5. The summed E-state index contributed by atoms with van der Waals surface area (Å²) in [7, 11) is 0. The van der Waals surface area contributed by atoms with Crippen LogP contribution in [0.25, 0.3) is 0 Å². The monoisotopic (exact) mass is 143 g/mol. The van der Waals surface area contributed by atoms with Crippen molar-refractivity contribution in [1.29, 1.82) is 0 Å².